The largest absolute Gasteiger partial charge is 0.544 e. The van der Waals surface area contributed by atoms with E-state index < -0.39 is 8.32 Å². The molecule has 0 spiro atoms. The molecule has 1 aromatic carbocycles. The van der Waals surface area contributed by atoms with Crippen LogP contribution >= 0.6 is 0 Å². The Kier molecular flexibility index (Phi) is 4.91. The van der Waals surface area contributed by atoms with Crippen LogP contribution in [0.5, 0.6) is 5.75 Å². The minimum Gasteiger partial charge on any atom is -0.544 e. The van der Waals surface area contributed by atoms with Gasteiger partial charge in [-0.25, -0.2) is 0 Å². The van der Waals surface area contributed by atoms with Crippen molar-refractivity contribution in [2.24, 2.45) is 4.99 Å². The topological polar surface area (TPSA) is 34.7 Å². The van der Waals surface area contributed by atoms with Crippen molar-refractivity contribution in [2.45, 2.75) is 46.5 Å². The van der Waals surface area contributed by atoms with E-state index in [1.54, 1.807) is 0 Å². The summed E-state index contributed by atoms with van der Waals surface area (Å²) in [6.45, 7) is 12.6. The molecular formula is C18H25NO2Si. The van der Waals surface area contributed by atoms with Crippen molar-refractivity contribution in [2.75, 3.05) is 0 Å². The van der Waals surface area contributed by atoms with E-state index in [9.17, 15) is 0 Å². The van der Waals surface area contributed by atoms with E-state index in [4.69, 9.17) is 13.8 Å². The quantitative estimate of drug-likeness (QED) is 0.549. The van der Waals surface area contributed by atoms with Gasteiger partial charge in [0.15, 0.2) is 0 Å². The second kappa shape index (κ2) is 6.52. The lowest BCUT2D eigenvalue weighted by Crippen LogP contribution is -2.29. The number of hydrogen-bond donors (Lipinski definition) is 0. The van der Waals surface area contributed by atoms with Gasteiger partial charge in [-0.1, -0.05) is 18.2 Å². The maximum Gasteiger partial charge on any atom is 0.242 e. The summed E-state index contributed by atoms with van der Waals surface area (Å²) in [5, 5.41) is 0. The number of furan rings is 1. The molecule has 0 aliphatic heterocycles. The first-order valence-electron chi connectivity index (χ1n) is 7.65. The van der Waals surface area contributed by atoms with Gasteiger partial charge in [-0.05, 0) is 58.6 Å². The van der Waals surface area contributed by atoms with E-state index >= 15 is 0 Å². The van der Waals surface area contributed by atoms with Gasteiger partial charge >= 0.3 is 0 Å². The maximum absolute atomic E-state index is 6.19. The number of hydrogen-bond acceptors (Lipinski definition) is 3. The van der Waals surface area contributed by atoms with Crippen LogP contribution in [-0.4, -0.2) is 14.0 Å². The molecule has 1 heterocycles. The first-order valence-corrected chi connectivity index (χ1v) is 11.1. The van der Waals surface area contributed by atoms with Crippen LogP contribution < -0.4 is 4.43 Å². The first kappa shape index (κ1) is 16.6. The highest BCUT2D eigenvalue weighted by Gasteiger charge is 2.20. The number of rotatable bonds is 5. The lowest BCUT2D eigenvalue weighted by atomic mass is 10.1. The molecule has 4 heteroatoms. The molecule has 0 radical (unpaired) electrons. The molecule has 1 atom stereocenters. The average molecular weight is 315 g/mol. The van der Waals surface area contributed by atoms with E-state index in [0.717, 1.165) is 28.5 Å². The van der Waals surface area contributed by atoms with Gasteiger partial charge in [0.2, 0.25) is 8.32 Å². The van der Waals surface area contributed by atoms with Crippen molar-refractivity contribution in [3.8, 4) is 5.75 Å². The number of aliphatic imine (C=N–C) groups is 1. The van der Waals surface area contributed by atoms with Gasteiger partial charge in [0.1, 0.15) is 17.3 Å². The molecule has 0 aliphatic rings. The number of benzene rings is 1. The van der Waals surface area contributed by atoms with Crippen LogP contribution in [0.2, 0.25) is 19.6 Å². The fraction of sp³-hybridized carbons (Fsp3) is 0.389. The standard InChI is InChI=1S/C18H25NO2Si/c1-13-11-12-17(20-13)15(3)19-14(2)16-9-7-8-10-18(16)21-22(4,5)6/h7-12,14H,1-6H3. The summed E-state index contributed by atoms with van der Waals surface area (Å²) in [5.41, 5.74) is 2.02. The molecule has 3 nitrogen and oxygen atoms in total. The molecule has 0 bridgehead atoms. The van der Waals surface area contributed by atoms with Gasteiger partial charge in [0.05, 0.1) is 11.8 Å². The zero-order valence-corrected chi connectivity index (χ0v) is 15.3. The molecule has 2 rings (SSSR count). The monoisotopic (exact) mass is 315 g/mol. The highest BCUT2D eigenvalue weighted by Crippen LogP contribution is 2.29. The second-order valence-electron chi connectivity index (χ2n) is 6.55. The van der Waals surface area contributed by atoms with Crippen molar-refractivity contribution >= 4 is 14.0 Å². The molecule has 1 unspecified atom stereocenters. The highest BCUT2D eigenvalue weighted by atomic mass is 28.4. The Morgan fingerprint density at radius 3 is 2.41 bits per heavy atom. The van der Waals surface area contributed by atoms with Gasteiger partial charge in [-0.15, -0.1) is 0 Å². The predicted molar refractivity (Wildman–Crippen MR) is 94.5 cm³/mol. The Hall–Kier alpha value is -1.81. The minimum atomic E-state index is -1.64. The number of para-hydroxylation sites is 1. The van der Waals surface area contributed by atoms with Gasteiger partial charge in [-0.2, -0.15) is 0 Å². The third-order valence-electron chi connectivity index (χ3n) is 3.27. The van der Waals surface area contributed by atoms with Gasteiger partial charge < -0.3 is 8.84 Å². The molecule has 0 amide bonds. The van der Waals surface area contributed by atoms with Crippen molar-refractivity contribution in [3.63, 3.8) is 0 Å². The molecule has 0 fully saturated rings. The van der Waals surface area contributed by atoms with Crippen molar-refractivity contribution < 1.29 is 8.84 Å². The van der Waals surface area contributed by atoms with Crippen molar-refractivity contribution in [3.05, 3.63) is 53.5 Å². The lowest BCUT2D eigenvalue weighted by molar-refractivity contribution is 0.523. The third kappa shape index (κ3) is 4.34. The number of aryl methyl sites for hydroxylation is 1. The maximum atomic E-state index is 6.19. The zero-order valence-electron chi connectivity index (χ0n) is 14.3. The van der Waals surface area contributed by atoms with Crippen LogP contribution in [0, 0.1) is 6.92 Å². The van der Waals surface area contributed by atoms with E-state index in [1.807, 2.05) is 44.2 Å². The summed E-state index contributed by atoms with van der Waals surface area (Å²) in [7, 11) is -1.64. The lowest BCUT2D eigenvalue weighted by Gasteiger charge is -2.23. The predicted octanol–water partition coefficient (Wildman–Crippen LogP) is 5.37. The molecule has 0 saturated heterocycles. The molecule has 1 aromatic heterocycles. The van der Waals surface area contributed by atoms with Gasteiger partial charge in [0.25, 0.3) is 0 Å². The van der Waals surface area contributed by atoms with Gasteiger partial charge in [0, 0.05) is 5.56 Å². The zero-order chi connectivity index (χ0) is 16.3. The summed E-state index contributed by atoms with van der Waals surface area (Å²) < 4.78 is 11.8. The van der Waals surface area contributed by atoms with Crippen LogP contribution in [0.4, 0.5) is 0 Å². The van der Waals surface area contributed by atoms with E-state index in [1.165, 1.54) is 0 Å². The second-order valence-corrected chi connectivity index (χ2v) is 11.0. The normalized spacial score (nSPS) is 14.0. The van der Waals surface area contributed by atoms with Crippen molar-refractivity contribution in [1.29, 1.82) is 0 Å². The first-order chi connectivity index (χ1) is 10.3. The third-order valence-corrected chi connectivity index (χ3v) is 4.10. The van der Waals surface area contributed by atoms with Crippen LogP contribution in [0.3, 0.4) is 0 Å². The molecule has 22 heavy (non-hydrogen) atoms. The fourth-order valence-corrected chi connectivity index (χ4v) is 3.15. The molecule has 2 aromatic rings. The Bertz CT molecular complexity index is 668. The molecule has 0 aliphatic carbocycles. The Labute approximate surface area is 134 Å². The summed E-state index contributed by atoms with van der Waals surface area (Å²) in [6, 6.07) is 12.1. The molecule has 0 N–H and O–H groups in total. The fourth-order valence-electron chi connectivity index (χ4n) is 2.30. The van der Waals surface area contributed by atoms with Crippen LogP contribution in [0.25, 0.3) is 0 Å². The van der Waals surface area contributed by atoms with E-state index in [0.29, 0.717) is 0 Å². The average Bonchev–Trinajstić information content (AvgIpc) is 2.84. The van der Waals surface area contributed by atoms with E-state index in [2.05, 4.69) is 32.6 Å². The van der Waals surface area contributed by atoms with Crippen LogP contribution in [-0.2, 0) is 0 Å². The summed E-state index contributed by atoms with van der Waals surface area (Å²) in [6.07, 6.45) is 0. The number of nitrogens with zero attached hydrogens (tertiary/aromatic N) is 1. The van der Waals surface area contributed by atoms with Gasteiger partial charge in [-0.3, -0.25) is 4.99 Å². The molecule has 118 valence electrons. The van der Waals surface area contributed by atoms with E-state index in [-0.39, 0.29) is 6.04 Å². The smallest absolute Gasteiger partial charge is 0.242 e. The van der Waals surface area contributed by atoms with Crippen LogP contribution in [0.1, 0.15) is 37.0 Å². The minimum absolute atomic E-state index is 0.0259. The summed E-state index contributed by atoms with van der Waals surface area (Å²) in [5.74, 6) is 2.67. The summed E-state index contributed by atoms with van der Waals surface area (Å²) >= 11 is 0. The van der Waals surface area contributed by atoms with Crippen LogP contribution in [0.15, 0.2) is 45.8 Å². The highest BCUT2D eigenvalue weighted by molar-refractivity contribution is 6.70. The van der Waals surface area contributed by atoms with Crippen molar-refractivity contribution in [1.82, 2.24) is 0 Å². The molecular weight excluding hydrogens is 290 g/mol. The molecule has 0 saturated carbocycles. The SMILES string of the molecule is CC(=NC(C)c1ccccc1O[Si](C)(C)C)c1ccc(C)o1. The Morgan fingerprint density at radius 2 is 1.82 bits per heavy atom. The Morgan fingerprint density at radius 1 is 1.14 bits per heavy atom. The summed E-state index contributed by atoms with van der Waals surface area (Å²) in [4.78, 5) is 4.78. The Balaban J connectivity index is 2.28.